The maximum atomic E-state index is 13.0. The van der Waals surface area contributed by atoms with Crippen LogP contribution in [0.2, 0.25) is 0 Å². The molecular weight excluding hydrogens is 347 g/mol. The zero-order chi connectivity index (χ0) is 18.9. The number of fused-ring (bicyclic) bond motifs is 1. The maximum Gasteiger partial charge on any atom is 0.401 e. The fourth-order valence-electron chi connectivity index (χ4n) is 2.90. The first-order valence-electron chi connectivity index (χ1n) is 8.07. The van der Waals surface area contributed by atoms with Gasteiger partial charge in [-0.1, -0.05) is 0 Å². The van der Waals surface area contributed by atoms with E-state index in [1.165, 1.54) is 17.2 Å². The number of furan rings is 1. The lowest BCUT2D eigenvalue weighted by atomic mass is 10.0. The molecule has 0 aliphatic rings. The van der Waals surface area contributed by atoms with Gasteiger partial charge in [0.2, 0.25) is 0 Å². The van der Waals surface area contributed by atoms with Crippen LogP contribution < -0.4 is 5.63 Å². The van der Waals surface area contributed by atoms with E-state index in [1.807, 2.05) is 19.9 Å². The molecule has 7 heteroatoms. The predicted octanol–water partition coefficient (Wildman–Crippen LogP) is 4.57. The summed E-state index contributed by atoms with van der Waals surface area (Å²) < 4.78 is 49.4. The van der Waals surface area contributed by atoms with Crippen LogP contribution in [0.1, 0.15) is 22.5 Å². The first-order chi connectivity index (χ1) is 12.2. The van der Waals surface area contributed by atoms with Crippen LogP contribution in [0.25, 0.3) is 11.0 Å². The van der Waals surface area contributed by atoms with Crippen molar-refractivity contribution in [3.63, 3.8) is 0 Å². The Morgan fingerprint density at radius 3 is 2.46 bits per heavy atom. The Morgan fingerprint density at radius 1 is 1.08 bits per heavy atom. The molecule has 0 atom stereocenters. The van der Waals surface area contributed by atoms with Crippen LogP contribution in [0.3, 0.4) is 0 Å². The molecule has 3 rings (SSSR count). The van der Waals surface area contributed by atoms with E-state index in [4.69, 9.17) is 8.83 Å². The summed E-state index contributed by atoms with van der Waals surface area (Å²) in [6.07, 6.45) is -2.95. The van der Waals surface area contributed by atoms with E-state index in [2.05, 4.69) is 0 Å². The number of hydrogen-bond acceptors (Lipinski definition) is 4. The first kappa shape index (κ1) is 18.3. The number of halogens is 3. The fraction of sp³-hybridized carbons (Fsp3) is 0.316. The highest BCUT2D eigenvalue weighted by Gasteiger charge is 2.31. The van der Waals surface area contributed by atoms with Gasteiger partial charge < -0.3 is 8.83 Å². The molecule has 0 N–H and O–H groups in total. The number of hydrogen-bond donors (Lipinski definition) is 0. The van der Waals surface area contributed by atoms with Crippen molar-refractivity contribution in [1.29, 1.82) is 0 Å². The second kappa shape index (κ2) is 6.99. The van der Waals surface area contributed by atoms with Crippen LogP contribution in [0.5, 0.6) is 0 Å². The summed E-state index contributed by atoms with van der Waals surface area (Å²) in [6.45, 7) is 2.61. The van der Waals surface area contributed by atoms with E-state index in [0.717, 1.165) is 11.1 Å². The Hall–Kier alpha value is -2.54. The highest BCUT2D eigenvalue weighted by atomic mass is 19.4. The molecule has 0 aliphatic carbocycles. The molecule has 26 heavy (non-hydrogen) atoms. The van der Waals surface area contributed by atoms with Gasteiger partial charge in [-0.25, -0.2) is 4.79 Å². The third kappa shape index (κ3) is 4.35. The van der Waals surface area contributed by atoms with E-state index >= 15 is 0 Å². The van der Waals surface area contributed by atoms with E-state index < -0.39 is 18.3 Å². The normalized spacial score (nSPS) is 12.2. The largest absolute Gasteiger partial charge is 0.468 e. The van der Waals surface area contributed by atoms with Gasteiger partial charge in [0.15, 0.2) is 0 Å². The van der Waals surface area contributed by atoms with Crippen molar-refractivity contribution in [2.24, 2.45) is 0 Å². The smallest absolute Gasteiger partial charge is 0.401 e. The topological polar surface area (TPSA) is 46.6 Å². The summed E-state index contributed by atoms with van der Waals surface area (Å²) in [7, 11) is 0. The Kier molecular flexibility index (Phi) is 4.91. The molecule has 0 bridgehead atoms. The van der Waals surface area contributed by atoms with Crippen molar-refractivity contribution in [3.8, 4) is 0 Å². The third-order valence-corrected chi connectivity index (χ3v) is 4.20. The molecule has 0 spiro atoms. The van der Waals surface area contributed by atoms with Gasteiger partial charge in [-0.2, -0.15) is 13.2 Å². The maximum absolute atomic E-state index is 13.0. The third-order valence-electron chi connectivity index (χ3n) is 4.20. The minimum atomic E-state index is -4.37. The Bertz CT molecular complexity index is 959. The van der Waals surface area contributed by atoms with Crippen molar-refractivity contribution >= 4 is 11.0 Å². The summed E-state index contributed by atoms with van der Waals surface area (Å²) in [4.78, 5) is 13.1. The van der Waals surface area contributed by atoms with Gasteiger partial charge in [0, 0.05) is 18.0 Å². The highest BCUT2D eigenvalue weighted by Crippen LogP contribution is 2.25. The minimum Gasteiger partial charge on any atom is -0.468 e. The van der Waals surface area contributed by atoms with Crippen LogP contribution >= 0.6 is 0 Å². The SMILES string of the molecule is Cc1cc2oc(=O)cc(CN(Cc3ccco3)CC(F)(F)F)c2cc1C. The zero-order valence-corrected chi connectivity index (χ0v) is 14.4. The van der Waals surface area contributed by atoms with Crippen LogP contribution in [-0.2, 0) is 13.1 Å². The fourth-order valence-corrected chi connectivity index (χ4v) is 2.90. The molecule has 3 aromatic rings. The van der Waals surface area contributed by atoms with Crippen molar-refractivity contribution in [2.75, 3.05) is 6.54 Å². The summed E-state index contributed by atoms with van der Waals surface area (Å²) in [6, 6.07) is 8.06. The standard InChI is InChI=1S/C19H18F3NO3/c1-12-6-16-14(8-18(24)26-17(16)7-13(12)2)9-23(11-19(20,21)22)10-15-4-3-5-25-15/h3-8H,9-11H2,1-2H3. The average Bonchev–Trinajstić information content (AvgIpc) is 3.00. The Morgan fingerprint density at radius 2 is 1.81 bits per heavy atom. The Balaban J connectivity index is 1.99. The number of rotatable bonds is 5. The summed E-state index contributed by atoms with van der Waals surface area (Å²) in [5, 5.41) is 0.638. The van der Waals surface area contributed by atoms with E-state index in [-0.39, 0.29) is 13.1 Å². The molecule has 0 saturated carbocycles. The molecule has 2 aromatic heterocycles. The predicted molar refractivity (Wildman–Crippen MR) is 90.8 cm³/mol. The van der Waals surface area contributed by atoms with Crippen molar-refractivity contribution in [3.05, 3.63) is 69.5 Å². The Labute approximate surface area is 147 Å². The minimum absolute atomic E-state index is 0.0148. The summed E-state index contributed by atoms with van der Waals surface area (Å²) in [5.74, 6) is 0.425. The van der Waals surface area contributed by atoms with Crippen LogP contribution in [0.4, 0.5) is 13.2 Å². The van der Waals surface area contributed by atoms with Crippen molar-refractivity contribution in [1.82, 2.24) is 4.90 Å². The van der Waals surface area contributed by atoms with Gasteiger partial charge in [0.1, 0.15) is 11.3 Å². The number of aryl methyl sites for hydroxylation is 2. The van der Waals surface area contributed by atoms with Gasteiger partial charge in [-0.05, 0) is 54.8 Å². The van der Waals surface area contributed by atoms with E-state index in [9.17, 15) is 18.0 Å². The molecule has 0 fully saturated rings. The van der Waals surface area contributed by atoms with Crippen LogP contribution in [0.15, 0.2) is 50.2 Å². The van der Waals surface area contributed by atoms with E-state index in [1.54, 1.807) is 18.2 Å². The monoisotopic (exact) mass is 365 g/mol. The lowest BCUT2D eigenvalue weighted by molar-refractivity contribution is -0.148. The zero-order valence-electron chi connectivity index (χ0n) is 14.4. The summed E-state index contributed by atoms with van der Waals surface area (Å²) in [5.41, 5.74) is 2.21. The van der Waals surface area contributed by atoms with Gasteiger partial charge in [0.05, 0.1) is 19.4 Å². The van der Waals surface area contributed by atoms with Gasteiger partial charge in [0.25, 0.3) is 0 Å². The molecule has 2 heterocycles. The number of nitrogens with zero attached hydrogens (tertiary/aromatic N) is 1. The number of alkyl halides is 3. The number of benzene rings is 1. The van der Waals surface area contributed by atoms with E-state index in [0.29, 0.717) is 22.3 Å². The molecule has 4 nitrogen and oxygen atoms in total. The van der Waals surface area contributed by atoms with Gasteiger partial charge in [-0.15, -0.1) is 0 Å². The van der Waals surface area contributed by atoms with Gasteiger partial charge >= 0.3 is 11.8 Å². The molecule has 0 aliphatic heterocycles. The molecule has 0 saturated heterocycles. The highest BCUT2D eigenvalue weighted by molar-refractivity contribution is 5.81. The molecular formula is C19H18F3NO3. The second-order valence-corrected chi connectivity index (χ2v) is 6.36. The van der Waals surface area contributed by atoms with Crippen LogP contribution in [0, 0.1) is 13.8 Å². The quantitative estimate of drug-likeness (QED) is 0.622. The van der Waals surface area contributed by atoms with Crippen molar-refractivity contribution in [2.45, 2.75) is 33.1 Å². The molecule has 0 amide bonds. The first-order valence-corrected chi connectivity index (χ1v) is 8.07. The molecule has 0 unspecified atom stereocenters. The molecule has 1 aromatic carbocycles. The summed E-state index contributed by atoms with van der Waals surface area (Å²) >= 11 is 0. The molecule has 0 radical (unpaired) electrons. The second-order valence-electron chi connectivity index (χ2n) is 6.36. The van der Waals surface area contributed by atoms with Crippen molar-refractivity contribution < 1.29 is 22.0 Å². The average molecular weight is 365 g/mol. The molecule has 138 valence electrons. The lowest BCUT2D eigenvalue weighted by Gasteiger charge is -2.23. The van der Waals surface area contributed by atoms with Gasteiger partial charge in [-0.3, -0.25) is 4.90 Å². The van der Waals surface area contributed by atoms with Crippen LogP contribution in [-0.4, -0.2) is 17.6 Å². The lowest BCUT2D eigenvalue weighted by Crippen LogP contribution is -2.33.